The molecule has 0 unspecified atom stereocenters. The van der Waals surface area contributed by atoms with E-state index in [1.54, 1.807) is 12.5 Å². The minimum Gasteiger partial charge on any atom is -0.481 e. The SMILES string of the molecule is O=C(O)Cc1ccccc1-c1cnc[nH]1. The Morgan fingerprint density at radius 2 is 2.20 bits per heavy atom. The number of rotatable bonds is 3. The molecule has 0 saturated heterocycles. The molecule has 4 heteroatoms. The van der Waals surface area contributed by atoms with Crippen LogP contribution in [0.1, 0.15) is 5.56 Å². The standard InChI is InChI=1S/C11H10N2O2/c14-11(15)5-8-3-1-2-4-9(8)10-6-12-7-13-10/h1-4,6-7H,5H2,(H,12,13)(H,14,15). The number of hydrogen-bond acceptors (Lipinski definition) is 2. The summed E-state index contributed by atoms with van der Waals surface area (Å²) in [7, 11) is 0. The molecular weight excluding hydrogens is 192 g/mol. The molecule has 0 radical (unpaired) electrons. The molecule has 0 amide bonds. The first-order chi connectivity index (χ1) is 7.27. The number of nitrogens with zero attached hydrogens (tertiary/aromatic N) is 1. The second-order valence-electron chi connectivity index (χ2n) is 3.19. The summed E-state index contributed by atoms with van der Waals surface area (Å²) in [6.07, 6.45) is 3.28. The zero-order valence-electron chi connectivity index (χ0n) is 7.97. The molecule has 1 aromatic carbocycles. The molecule has 0 aliphatic rings. The van der Waals surface area contributed by atoms with Crippen LogP contribution < -0.4 is 0 Å². The van der Waals surface area contributed by atoms with Crippen molar-refractivity contribution in [2.45, 2.75) is 6.42 Å². The molecule has 0 aliphatic heterocycles. The van der Waals surface area contributed by atoms with Crippen molar-refractivity contribution in [3.05, 3.63) is 42.4 Å². The molecular formula is C11H10N2O2. The van der Waals surface area contributed by atoms with Crippen LogP contribution in [-0.4, -0.2) is 21.0 Å². The molecule has 0 atom stereocenters. The molecule has 2 N–H and O–H groups in total. The average molecular weight is 202 g/mol. The van der Waals surface area contributed by atoms with Gasteiger partial charge in [-0.15, -0.1) is 0 Å². The van der Waals surface area contributed by atoms with E-state index >= 15 is 0 Å². The van der Waals surface area contributed by atoms with Gasteiger partial charge in [0.1, 0.15) is 0 Å². The van der Waals surface area contributed by atoms with Crippen LogP contribution in [0, 0.1) is 0 Å². The Morgan fingerprint density at radius 3 is 2.87 bits per heavy atom. The van der Waals surface area contributed by atoms with Crippen LogP contribution in [0.5, 0.6) is 0 Å². The van der Waals surface area contributed by atoms with Gasteiger partial charge in [0, 0.05) is 5.56 Å². The molecule has 1 heterocycles. The van der Waals surface area contributed by atoms with E-state index in [0.29, 0.717) is 0 Å². The van der Waals surface area contributed by atoms with Crippen LogP contribution in [-0.2, 0) is 11.2 Å². The van der Waals surface area contributed by atoms with Crippen LogP contribution >= 0.6 is 0 Å². The van der Waals surface area contributed by atoms with E-state index in [2.05, 4.69) is 9.97 Å². The second-order valence-corrected chi connectivity index (χ2v) is 3.19. The summed E-state index contributed by atoms with van der Waals surface area (Å²) in [5, 5.41) is 8.76. The molecule has 0 bridgehead atoms. The molecule has 15 heavy (non-hydrogen) atoms. The van der Waals surface area contributed by atoms with Crippen LogP contribution in [0.2, 0.25) is 0 Å². The van der Waals surface area contributed by atoms with Crippen LogP contribution in [0.25, 0.3) is 11.3 Å². The molecule has 0 aliphatic carbocycles. The van der Waals surface area contributed by atoms with Crippen molar-refractivity contribution in [3.63, 3.8) is 0 Å². The number of carboxylic acids is 1. The van der Waals surface area contributed by atoms with Gasteiger partial charge >= 0.3 is 5.97 Å². The number of benzene rings is 1. The van der Waals surface area contributed by atoms with E-state index in [1.807, 2.05) is 24.3 Å². The fourth-order valence-corrected chi connectivity index (χ4v) is 1.50. The number of aliphatic carboxylic acids is 1. The number of nitrogens with one attached hydrogen (secondary N) is 1. The largest absolute Gasteiger partial charge is 0.481 e. The molecule has 0 spiro atoms. The zero-order chi connectivity index (χ0) is 10.7. The lowest BCUT2D eigenvalue weighted by Crippen LogP contribution is -2.01. The van der Waals surface area contributed by atoms with E-state index in [1.165, 1.54) is 0 Å². The summed E-state index contributed by atoms with van der Waals surface area (Å²) in [4.78, 5) is 17.5. The van der Waals surface area contributed by atoms with E-state index in [-0.39, 0.29) is 6.42 Å². The molecule has 4 nitrogen and oxygen atoms in total. The van der Waals surface area contributed by atoms with Crippen molar-refractivity contribution < 1.29 is 9.90 Å². The smallest absolute Gasteiger partial charge is 0.307 e. The van der Waals surface area contributed by atoms with Crippen LogP contribution in [0.4, 0.5) is 0 Å². The minimum absolute atomic E-state index is 0.0230. The third-order valence-electron chi connectivity index (χ3n) is 2.15. The number of hydrogen-bond donors (Lipinski definition) is 2. The Hall–Kier alpha value is -2.10. The number of carboxylic acid groups (broad SMARTS) is 1. The van der Waals surface area contributed by atoms with E-state index in [0.717, 1.165) is 16.8 Å². The van der Waals surface area contributed by atoms with Gasteiger partial charge in [-0.05, 0) is 5.56 Å². The topological polar surface area (TPSA) is 66.0 Å². The monoisotopic (exact) mass is 202 g/mol. The highest BCUT2D eigenvalue weighted by molar-refractivity contribution is 5.75. The quantitative estimate of drug-likeness (QED) is 0.796. The van der Waals surface area contributed by atoms with Crippen molar-refractivity contribution in [2.24, 2.45) is 0 Å². The van der Waals surface area contributed by atoms with E-state index in [9.17, 15) is 4.79 Å². The van der Waals surface area contributed by atoms with E-state index in [4.69, 9.17) is 5.11 Å². The Balaban J connectivity index is 2.42. The normalized spacial score (nSPS) is 10.1. The lowest BCUT2D eigenvalue weighted by molar-refractivity contribution is -0.136. The lowest BCUT2D eigenvalue weighted by Gasteiger charge is -2.04. The first kappa shape index (κ1) is 9.45. The van der Waals surface area contributed by atoms with Gasteiger partial charge in [-0.1, -0.05) is 24.3 Å². The van der Waals surface area contributed by atoms with Gasteiger partial charge in [-0.3, -0.25) is 4.79 Å². The van der Waals surface area contributed by atoms with Crippen LogP contribution in [0.15, 0.2) is 36.8 Å². The Labute approximate surface area is 86.6 Å². The predicted octanol–water partition coefficient (Wildman–Crippen LogP) is 1.70. The number of H-pyrrole nitrogens is 1. The third kappa shape index (κ3) is 2.04. The van der Waals surface area contributed by atoms with Gasteiger partial charge < -0.3 is 10.1 Å². The average Bonchev–Trinajstić information content (AvgIpc) is 2.70. The summed E-state index contributed by atoms with van der Waals surface area (Å²) in [6.45, 7) is 0. The predicted molar refractivity (Wildman–Crippen MR) is 55.4 cm³/mol. The molecule has 1 aromatic heterocycles. The second kappa shape index (κ2) is 3.96. The van der Waals surface area contributed by atoms with Crippen molar-refractivity contribution in [3.8, 4) is 11.3 Å². The van der Waals surface area contributed by atoms with Crippen molar-refractivity contribution in [2.75, 3.05) is 0 Å². The third-order valence-corrected chi connectivity index (χ3v) is 2.15. The maximum absolute atomic E-state index is 10.7. The van der Waals surface area contributed by atoms with Crippen molar-refractivity contribution >= 4 is 5.97 Å². The van der Waals surface area contributed by atoms with Gasteiger partial charge in [0.05, 0.1) is 24.6 Å². The highest BCUT2D eigenvalue weighted by Crippen LogP contribution is 2.21. The highest BCUT2D eigenvalue weighted by Gasteiger charge is 2.08. The molecule has 0 saturated carbocycles. The molecule has 2 aromatic rings. The zero-order valence-corrected chi connectivity index (χ0v) is 7.97. The van der Waals surface area contributed by atoms with Crippen molar-refractivity contribution in [1.29, 1.82) is 0 Å². The van der Waals surface area contributed by atoms with Gasteiger partial charge in [0.25, 0.3) is 0 Å². The lowest BCUT2D eigenvalue weighted by atomic mass is 10.0. The highest BCUT2D eigenvalue weighted by atomic mass is 16.4. The van der Waals surface area contributed by atoms with Gasteiger partial charge in [-0.2, -0.15) is 0 Å². The maximum Gasteiger partial charge on any atom is 0.307 e. The van der Waals surface area contributed by atoms with Crippen molar-refractivity contribution in [1.82, 2.24) is 9.97 Å². The minimum atomic E-state index is -0.832. The number of aromatic amines is 1. The summed E-state index contributed by atoms with van der Waals surface area (Å²) in [6, 6.07) is 7.40. The van der Waals surface area contributed by atoms with Gasteiger partial charge in [0.15, 0.2) is 0 Å². The van der Waals surface area contributed by atoms with Gasteiger partial charge in [0.2, 0.25) is 0 Å². The summed E-state index contributed by atoms with van der Waals surface area (Å²) >= 11 is 0. The summed E-state index contributed by atoms with van der Waals surface area (Å²) in [5.74, 6) is -0.832. The first-order valence-corrected chi connectivity index (χ1v) is 4.56. The summed E-state index contributed by atoms with van der Waals surface area (Å²) < 4.78 is 0. The van der Waals surface area contributed by atoms with E-state index < -0.39 is 5.97 Å². The number of imidazole rings is 1. The number of aromatic nitrogens is 2. The number of carbonyl (C=O) groups is 1. The Bertz CT molecular complexity index is 463. The fraction of sp³-hybridized carbons (Fsp3) is 0.0909. The first-order valence-electron chi connectivity index (χ1n) is 4.56. The van der Waals surface area contributed by atoms with Gasteiger partial charge in [-0.25, -0.2) is 4.98 Å². The Morgan fingerprint density at radius 1 is 1.40 bits per heavy atom. The molecule has 0 fully saturated rings. The molecule has 2 rings (SSSR count). The Kier molecular flexibility index (Phi) is 2.49. The summed E-state index contributed by atoms with van der Waals surface area (Å²) in [5.41, 5.74) is 2.51. The molecule has 76 valence electrons. The van der Waals surface area contributed by atoms with Crippen LogP contribution in [0.3, 0.4) is 0 Å². The fourth-order valence-electron chi connectivity index (χ4n) is 1.50. The maximum atomic E-state index is 10.7.